The Bertz CT molecular complexity index is 1020. The monoisotopic (exact) mass is 418 g/mol. The van der Waals surface area contributed by atoms with E-state index in [1.165, 1.54) is 0 Å². The van der Waals surface area contributed by atoms with E-state index in [1.54, 1.807) is 7.11 Å². The van der Waals surface area contributed by atoms with E-state index in [4.69, 9.17) is 16.3 Å². The summed E-state index contributed by atoms with van der Waals surface area (Å²) >= 11 is 6.49. The van der Waals surface area contributed by atoms with Gasteiger partial charge < -0.3 is 15.4 Å². The minimum absolute atomic E-state index is 0.105. The van der Waals surface area contributed by atoms with Crippen molar-refractivity contribution in [3.05, 3.63) is 23.0 Å². The Labute approximate surface area is 175 Å². The number of amides is 1. The molecule has 0 aliphatic rings. The summed E-state index contributed by atoms with van der Waals surface area (Å²) in [6, 6.07) is 3.71. The molecule has 0 saturated heterocycles. The van der Waals surface area contributed by atoms with Crippen molar-refractivity contribution < 1.29 is 9.53 Å². The highest BCUT2D eigenvalue weighted by Gasteiger charge is 2.16. The first-order valence-electron chi connectivity index (χ1n) is 9.81. The second-order valence-electron chi connectivity index (χ2n) is 7.40. The third kappa shape index (κ3) is 4.70. The number of rotatable bonds is 9. The fourth-order valence-electron chi connectivity index (χ4n) is 3.19. The number of anilines is 1. The number of hydrogen-bond donors (Lipinski definition) is 2. The summed E-state index contributed by atoms with van der Waals surface area (Å²) < 4.78 is 7.25. The quantitative estimate of drug-likeness (QED) is 0.515. The number of halogens is 1. The number of carbonyl (C=O) groups is 1. The Hall–Kier alpha value is -2.61. The number of benzene rings is 1. The molecule has 2 N–H and O–H groups in total. The van der Waals surface area contributed by atoms with Crippen molar-refractivity contribution in [1.82, 2.24) is 24.9 Å². The molecule has 2 aromatic heterocycles. The molecular formula is C20H27ClN6O2. The summed E-state index contributed by atoms with van der Waals surface area (Å²) in [4.78, 5) is 16.4. The first kappa shape index (κ1) is 21.1. The van der Waals surface area contributed by atoms with E-state index in [2.05, 4.69) is 25.8 Å². The van der Waals surface area contributed by atoms with Crippen LogP contribution >= 0.6 is 11.6 Å². The van der Waals surface area contributed by atoms with Crippen molar-refractivity contribution in [2.75, 3.05) is 25.5 Å². The van der Waals surface area contributed by atoms with E-state index < -0.39 is 0 Å². The molecule has 0 aliphatic heterocycles. The molecule has 3 aromatic rings. The van der Waals surface area contributed by atoms with Gasteiger partial charge in [0.15, 0.2) is 5.82 Å². The lowest BCUT2D eigenvalue weighted by molar-refractivity contribution is -0.121. The van der Waals surface area contributed by atoms with Gasteiger partial charge in [-0.15, -0.1) is 10.2 Å². The van der Waals surface area contributed by atoms with Crippen LogP contribution < -0.4 is 15.4 Å². The minimum Gasteiger partial charge on any atom is -0.495 e. The number of fused-ring (bicyclic) bond motifs is 3. The van der Waals surface area contributed by atoms with Crippen LogP contribution in [0, 0.1) is 12.8 Å². The topological polar surface area (TPSA) is 93.4 Å². The minimum atomic E-state index is 0.105. The normalized spacial score (nSPS) is 11.4. The zero-order valence-corrected chi connectivity index (χ0v) is 18.0. The molecule has 0 spiro atoms. The number of nitrogens with one attached hydrogen (secondary N) is 2. The summed E-state index contributed by atoms with van der Waals surface area (Å²) in [5.74, 6) is 2.42. The number of unbranched alkanes of at least 4 members (excludes halogenated alkanes) is 1. The summed E-state index contributed by atoms with van der Waals surface area (Å²) in [6.07, 6.45) is 2.32. The number of aryl methyl sites for hydroxylation is 1. The molecule has 0 atom stereocenters. The molecular weight excluding hydrogens is 392 g/mol. The Morgan fingerprint density at radius 3 is 2.72 bits per heavy atom. The lowest BCUT2D eigenvalue weighted by atomic mass is 10.1. The summed E-state index contributed by atoms with van der Waals surface area (Å²) in [6.45, 7) is 7.33. The summed E-state index contributed by atoms with van der Waals surface area (Å²) in [5.41, 5.74) is 2.11. The molecule has 3 rings (SSSR count). The molecule has 156 valence electrons. The first-order chi connectivity index (χ1) is 13.9. The van der Waals surface area contributed by atoms with Gasteiger partial charge in [0.05, 0.1) is 12.6 Å². The fraction of sp³-hybridized carbons (Fsp3) is 0.500. The molecule has 0 unspecified atom stereocenters. The van der Waals surface area contributed by atoms with Gasteiger partial charge in [0.1, 0.15) is 22.1 Å². The zero-order chi connectivity index (χ0) is 21.0. The summed E-state index contributed by atoms with van der Waals surface area (Å²) in [7, 11) is 1.58. The average molecular weight is 419 g/mol. The van der Waals surface area contributed by atoms with E-state index in [0.717, 1.165) is 24.2 Å². The largest absolute Gasteiger partial charge is 0.495 e. The van der Waals surface area contributed by atoms with Gasteiger partial charge in [-0.3, -0.25) is 9.20 Å². The highest BCUT2D eigenvalue weighted by Crippen LogP contribution is 2.33. The van der Waals surface area contributed by atoms with Gasteiger partial charge in [0.25, 0.3) is 0 Å². The molecule has 0 fully saturated rings. The third-order valence-corrected chi connectivity index (χ3v) is 4.96. The van der Waals surface area contributed by atoms with Crippen LogP contribution in [0.1, 0.15) is 38.9 Å². The number of aromatic nitrogens is 4. The second kappa shape index (κ2) is 9.26. The van der Waals surface area contributed by atoms with Crippen molar-refractivity contribution in [2.45, 2.75) is 40.0 Å². The molecule has 0 radical (unpaired) electrons. The molecule has 0 aliphatic carbocycles. The van der Waals surface area contributed by atoms with Crippen LogP contribution in [0.3, 0.4) is 0 Å². The van der Waals surface area contributed by atoms with E-state index in [-0.39, 0.29) is 5.91 Å². The van der Waals surface area contributed by atoms with Crippen LogP contribution in [-0.4, -0.2) is 45.7 Å². The van der Waals surface area contributed by atoms with Gasteiger partial charge in [-0.25, -0.2) is 4.98 Å². The van der Waals surface area contributed by atoms with Crippen LogP contribution in [0.5, 0.6) is 5.75 Å². The smallest absolute Gasteiger partial charge is 0.220 e. The van der Waals surface area contributed by atoms with Crippen LogP contribution in [0.2, 0.25) is 5.02 Å². The Morgan fingerprint density at radius 1 is 1.24 bits per heavy atom. The maximum absolute atomic E-state index is 11.7. The standard InChI is InChI=1S/C20H27ClN6O2/c1-12(2)11-16(28)22-9-5-6-10-23-19-20-26-25-13(3)27(20)14-7-8-15(29-4)17(21)18(14)24-19/h7-8,12H,5-6,9-11H2,1-4H3,(H,22,28)(H,23,24). The van der Waals surface area contributed by atoms with Crippen molar-refractivity contribution in [3.63, 3.8) is 0 Å². The van der Waals surface area contributed by atoms with Crippen LogP contribution in [-0.2, 0) is 4.79 Å². The molecule has 1 aromatic carbocycles. The molecule has 0 bridgehead atoms. The predicted octanol–water partition coefficient (Wildman–Crippen LogP) is 3.60. The number of methoxy groups -OCH3 is 1. The molecule has 29 heavy (non-hydrogen) atoms. The third-order valence-electron chi connectivity index (χ3n) is 4.59. The number of hydrogen-bond acceptors (Lipinski definition) is 6. The van der Waals surface area contributed by atoms with Crippen molar-refractivity contribution >= 4 is 40.0 Å². The summed E-state index contributed by atoms with van der Waals surface area (Å²) in [5, 5.41) is 15.2. The van der Waals surface area contributed by atoms with Gasteiger partial charge in [-0.05, 0) is 37.8 Å². The van der Waals surface area contributed by atoms with Crippen LogP contribution in [0.15, 0.2) is 12.1 Å². The highest BCUT2D eigenvalue weighted by molar-refractivity contribution is 6.36. The fourth-order valence-corrected chi connectivity index (χ4v) is 3.47. The average Bonchev–Trinajstić information content (AvgIpc) is 3.07. The van der Waals surface area contributed by atoms with Crippen molar-refractivity contribution in [3.8, 4) is 5.75 Å². The number of ether oxygens (including phenoxy) is 1. The number of carbonyl (C=O) groups excluding carboxylic acids is 1. The molecule has 0 saturated carbocycles. The molecule has 2 heterocycles. The van der Waals surface area contributed by atoms with Crippen molar-refractivity contribution in [2.24, 2.45) is 5.92 Å². The van der Waals surface area contributed by atoms with Gasteiger partial charge in [0, 0.05) is 19.5 Å². The maximum Gasteiger partial charge on any atom is 0.220 e. The lowest BCUT2D eigenvalue weighted by Crippen LogP contribution is -2.25. The Kier molecular flexibility index (Phi) is 6.74. The second-order valence-corrected chi connectivity index (χ2v) is 7.78. The van der Waals surface area contributed by atoms with E-state index in [0.29, 0.717) is 53.2 Å². The van der Waals surface area contributed by atoms with Gasteiger partial charge in [-0.1, -0.05) is 25.4 Å². The van der Waals surface area contributed by atoms with Crippen LogP contribution in [0.25, 0.3) is 16.7 Å². The van der Waals surface area contributed by atoms with Gasteiger partial charge in [0.2, 0.25) is 11.6 Å². The first-order valence-corrected chi connectivity index (χ1v) is 10.2. The predicted molar refractivity (Wildman–Crippen MR) is 115 cm³/mol. The number of nitrogens with zero attached hydrogens (tertiary/aromatic N) is 4. The maximum atomic E-state index is 11.7. The highest BCUT2D eigenvalue weighted by atomic mass is 35.5. The van der Waals surface area contributed by atoms with E-state index >= 15 is 0 Å². The van der Waals surface area contributed by atoms with Gasteiger partial charge in [-0.2, -0.15) is 0 Å². The Morgan fingerprint density at radius 2 is 2.00 bits per heavy atom. The zero-order valence-electron chi connectivity index (χ0n) is 17.3. The van der Waals surface area contributed by atoms with E-state index in [9.17, 15) is 4.79 Å². The SMILES string of the molecule is COc1ccc2c(nc(NCCCCNC(=O)CC(C)C)c3nnc(C)n32)c1Cl. The molecule has 9 heteroatoms. The van der Waals surface area contributed by atoms with Crippen LogP contribution in [0.4, 0.5) is 5.82 Å². The van der Waals surface area contributed by atoms with Gasteiger partial charge >= 0.3 is 0 Å². The van der Waals surface area contributed by atoms with Crippen molar-refractivity contribution in [1.29, 1.82) is 0 Å². The molecule has 1 amide bonds. The lowest BCUT2D eigenvalue weighted by Gasteiger charge is -2.12. The Balaban J connectivity index is 1.70. The van der Waals surface area contributed by atoms with E-state index in [1.807, 2.05) is 37.3 Å². The molecule has 8 nitrogen and oxygen atoms in total.